The van der Waals surface area contributed by atoms with Gasteiger partial charge in [0, 0.05) is 38.6 Å². The largest absolute Gasteiger partial charge is 0.337 e. The number of piperazine rings is 1. The summed E-state index contributed by atoms with van der Waals surface area (Å²) in [5, 5.41) is 3.81. The first-order valence-electron chi connectivity index (χ1n) is 7.64. The van der Waals surface area contributed by atoms with E-state index in [0.717, 1.165) is 13.1 Å². The number of para-hydroxylation sites is 1. The number of nitrogens with zero attached hydrogens (tertiary/aromatic N) is 2. The fourth-order valence-corrected chi connectivity index (χ4v) is 3.42. The Labute approximate surface area is 135 Å². The number of anilines is 1. The highest BCUT2D eigenvalue weighted by Crippen LogP contribution is 2.31. The smallest absolute Gasteiger partial charge is 0.228 e. The molecule has 0 bridgehead atoms. The maximum absolute atomic E-state index is 12.7. The van der Waals surface area contributed by atoms with Crippen LogP contribution in [0.2, 0.25) is 5.02 Å². The molecule has 1 aromatic carbocycles. The Bertz CT molecular complexity index is 593. The fourth-order valence-electron chi connectivity index (χ4n) is 3.18. The summed E-state index contributed by atoms with van der Waals surface area (Å²) in [4.78, 5) is 28.5. The van der Waals surface area contributed by atoms with Crippen molar-refractivity contribution in [3.8, 4) is 0 Å². The average molecular weight is 322 g/mol. The molecule has 1 N–H and O–H groups in total. The lowest BCUT2D eigenvalue weighted by atomic mass is 10.1. The summed E-state index contributed by atoms with van der Waals surface area (Å²) in [6.45, 7) is 4.77. The van der Waals surface area contributed by atoms with Crippen LogP contribution in [0.3, 0.4) is 0 Å². The van der Waals surface area contributed by atoms with Gasteiger partial charge < -0.3 is 15.1 Å². The predicted molar refractivity (Wildman–Crippen MR) is 86.0 cm³/mol. The van der Waals surface area contributed by atoms with E-state index >= 15 is 0 Å². The fraction of sp³-hybridized carbons (Fsp3) is 0.500. The number of carbonyl (C=O) groups excluding carboxylic acids is 2. The number of amides is 2. The average Bonchev–Trinajstić information content (AvgIpc) is 2.89. The number of hydrogen-bond acceptors (Lipinski definition) is 3. The molecule has 0 spiro atoms. The van der Waals surface area contributed by atoms with E-state index in [2.05, 4.69) is 5.32 Å². The molecule has 1 aromatic rings. The Morgan fingerprint density at radius 1 is 1.36 bits per heavy atom. The van der Waals surface area contributed by atoms with Gasteiger partial charge in [-0.2, -0.15) is 0 Å². The van der Waals surface area contributed by atoms with Crippen LogP contribution in [0.1, 0.15) is 13.3 Å². The molecule has 2 saturated heterocycles. The van der Waals surface area contributed by atoms with Crippen LogP contribution < -0.4 is 10.2 Å². The van der Waals surface area contributed by atoms with Crippen molar-refractivity contribution in [1.29, 1.82) is 0 Å². The van der Waals surface area contributed by atoms with Gasteiger partial charge in [0.15, 0.2) is 0 Å². The van der Waals surface area contributed by atoms with Crippen molar-refractivity contribution in [1.82, 2.24) is 10.2 Å². The lowest BCUT2D eigenvalue weighted by Gasteiger charge is -2.35. The van der Waals surface area contributed by atoms with Crippen molar-refractivity contribution < 1.29 is 9.59 Å². The highest BCUT2D eigenvalue weighted by atomic mass is 35.5. The number of carbonyl (C=O) groups is 2. The van der Waals surface area contributed by atoms with Crippen LogP contribution in [0.4, 0.5) is 5.69 Å². The summed E-state index contributed by atoms with van der Waals surface area (Å²) >= 11 is 6.17. The van der Waals surface area contributed by atoms with Gasteiger partial charge in [0.2, 0.25) is 11.8 Å². The van der Waals surface area contributed by atoms with Crippen molar-refractivity contribution >= 4 is 29.1 Å². The molecule has 2 aliphatic heterocycles. The summed E-state index contributed by atoms with van der Waals surface area (Å²) < 4.78 is 0. The van der Waals surface area contributed by atoms with Gasteiger partial charge in [-0.05, 0) is 19.1 Å². The maximum Gasteiger partial charge on any atom is 0.228 e. The number of nitrogens with one attached hydrogen (secondary N) is 1. The molecule has 22 heavy (non-hydrogen) atoms. The summed E-state index contributed by atoms with van der Waals surface area (Å²) in [6.07, 6.45) is 0.265. The van der Waals surface area contributed by atoms with E-state index in [0.29, 0.717) is 23.8 Å². The monoisotopic (exact) mass is 321 g/mol. The molecule has 118 valence electrons. The molecule has 2 heterocycles. The molecule has 5 nitrogen and oxygen atoms in total. The van der Waals surface area contributed by atoms with E-state index < -0.39 is 0 Å². The molecule has 6 heteroatoms. The normalized spacial score (nSPS) is 25.6. The first-order valence-corrected chi connectivity index (χ1v) is 8.02. The van der Waals surface area contributed by atoms with Gasteiger partial charge in [0.05, 0.1) is 16.6 Å². The van der Waals surface area contributed by atoms with Crippen molar-refractivity contribution in [2.75, 3.05) is 31.1 Å². The van der Waals surface area contributed by atoms with E-state index in [-0.39, 0.29) is 30.2 Å². The Hall–Kier alpha value is -1.59. The SMILES string of the molecule is C[C@@H]1CNCCN1C(=O)C1CC(=O)N(c2ccccc2Cl)C1. The first kappa shape index (κ1) is 15.3. The van der Waals surface area contributed by atoms with Gasteiger partial charge in [0.25, 0.3) is 0 Å². The summed E-state index contributed by atoms with van der Waals surface area (Å²) in [7, 11) is 0. The highest BCUT2D eigenvalue weighted by molar-refractivity contribution is 6.33. The zero-order valence-corrected chi connectivity index (χ0v) is 13.3. The first-order chi connectivity index (χ1) is 10.6. The minimum atomic E-state index is -0.274. The third kappa shape index (κ3) is 2.83. The molecule has 0 aromatic heterocycles. The molecule has 0 radical (unpaired) electrons. The number of halogens is 1. The van der Waals surface area contributed by atoms with Crippen LogP contribution in [0, 0.1) is 5.92 Å². The quantitative estimate of drug-likeness (QED) is 0.898. The number of benzene rings is 1. The lowest BCUT2D eigenvalue weighted by molar-refractivity contribution is -0.138. The van der Waals surface area contributed by atoms with E-state index in [4.69, 9.17) is 11.6 Å². The predicted octanol–water partition coefficient (Wildman–Crippen LogP) is 1.51. The van der Waals surface area contributed by atoms with Crippen molar-refractivity contribution in [2.45, 2.75) is 19.4 Å². The van der Waals surface area contributed by atoms with Crippen LogP contribution in [-0.2, 0) is 9.59 Å². The maximum atomic E-state index is 12.7. The molecule has 3 rings (SSSR count). The second-order valence-corrected chi connectivity index (χ2v) is 6.35. The zero-order chi connectivity index (χ0) is 15.7. The zero-order valence-electron chi connectivity index (χ0n) is 12.6. The summed E-state index contributed by atoms with van der Waals surface area (Å²) in [5.74, 6) is -0.226. The van der Waals surface area contributed by atoms with Gasteiger partial charge in [-0.15, -0.1) is 0 Å². The van der Waals surface area contributed by atoms with E-state index in [1.54, 1.807) is 11.0 Å². The molecule has 0 aliphatic carbocycles. The molecule has 2 fully saturated rings. The molecule has 2 atom stereocenters. The van der Waals surface area contributed by atoms with Crippen molar-refractivity contribution in [3.05, 3.63) is 29.3 Å². The second kappa shape index (κ2) is 6.26. The lowest BCUT2D eigenvalue weighted by Crippen LogP contribution is -2.54. The van der Waals surface area contributed by atoms with Crippen LogP contribution in [-0.4, -0.2) is 48.9 Å². The van der Waals surface area contributed by atoms with Gasteiger partial charge in [0.1, 0.15) is 0 Å². The Morgan fingerprint density at radius 3 is 2.86 bits per heavy atom. The van der Waals surface area contributed by atoms with Gasteiger partial charge in [-0.1, -0.05) is 23.7 Å². The van der Waals surface area contributed by atoms with Crippen molar-refractivity contribution in [3.63, 3.8) is 0 Å². The Morgan fingerprint density at radius 2 is 2.14 bits per heavy atom. The van der Waals surface area contributed by atoms with Crippen molar-refractivity contribution in [2.24, 2.45) is 5.92 Å². The molecule has 2 aliphatic rings. The third-order valence-corrected chi connectivity index (χ3v) is 4.72. The van der Waals surface area contributed by atoms with Crippen LogP contribution in [0.5, 0.6) is 0 Å². The van der Waals surface area contributed by atoms with Crippen LogP contribution in [0.15, 0.2) is 24.3 Å². The standard InChI is InChI=1S/C16H20ClN3O2/c1-11-9-18-6-7-19(11)16(22)12-8-15(21)20(10-12)14-5-3-2-4-13(14)17/h2-5,11-12,18H,6-10H2,1H3/t11-,12?/m1/s1. The van der Waals surface area contributed by atoms with Crippen LogP contribution >= 0.6 is 11.6 Å². The molecular formula is C16H20ClN3O2. The third-order valence-electron chi connectivity index (χ3n) is 4.40. The topological polar surface area (TPSA) is 52.7 Å². The van der Waals surface area contributed by atoms with E-state index in [9.17, 15) is 9.59 Å². The number of hydrogen-bond donors (Lipinski definition) is 1. The van der Waals surface area contributed by atoms with E-state index in [1.807, 2.05) is 30.0 Å². The summed E-state index contributed by atoms with van der Waals surface area (Å²) in [6, 6.07) is 7.43. The number of rotatable bonds is 2. The van der Waals surface area contributed by atoms with Gasteiger partial charge >= 0.3 is 0 Å². The Balaban J connectivity index is 1.74. The molecule has 2 amide bonds. The minimum Gasteiger partial charge on any atom is -0.337 e. The van der Waals surface area contributed by atoms with Crippen LogP contribution in [0.25, 0.3) is 0 Å². The van der Waals surface area contributed by atoms with E-state index in [1.165, 1.54) is 0 Å². The Kier molecular flexibility index (Phi) is 4.36. The van der Waals surface area contributed by atoms with Gasteiger partial charge in [-0.3, -0.25) is 9.59 Å². The van der Waals surface area contributed by atoms with Gasteiger partial charge in [-0.25, -0.2) is 0 Å². The highest BCUT2D eigenvalue weighted by Gasteiger charge is 2.39. The summed E-state index contributed by atoms with van der Waals surface area (Å²) in [5.41, 5.74) is 0.692. The second-order valence-electron chi connectivity index (χ2n) is 5.94. The molecule has 0 saturated carbocycles. The molecular weight excluding hydrogens is 302 g/mol. The molecule has 1 unspecified atom stereocenters. The minimum absolute atomic E-state index is 0.0331.